The van der Waals surface area contributed by atoms with Gasteiger partial charge in [0.15, 0.2) is 0 Å². The van der Waals surface area contributed by atoms with Gasteiger partial charge in [-0.05, 0) is 44.0 Å². The van der Waals surface area contributed by atoms with Crippen molar-refractivity contribution in [3.63, 3.8) is 0 Å². The van der Waals surface area contributed by atoms with Gasteiger partial charge in [-0.1, -0.05) is 37.3 Å². The monoisotopic (exact) mass is 431 g/mol. The van der Waals surface area contributed by atoms with Crippen LogP contribution in [0.2, 0.25) is 0 Å². The van der Waals surface area contributed by atoms with Crippen molar-refractivity contribution in [3.05, 3.63) is 60.2 Å². The molecule has 0 fully saturated rings. The molecule has 0 aliphatic rings. The van der Waals surface area contributed by atoms with Gasteiger partial charge in [-0.25, -0.2) is 12.7 Å². The van der Waals surface area contributed by atoms with Gasteiger partial charge in [0.2, 0.25) is 15.9 Å². The Morgan fingerprint density at radius 2 is 1.67 bits per heavy atom. The van der Waals surface area contributed by atoms with Crippen molar-refractivity contribution in [2.75, 3.05) is 18.9 Å². The summed E-state index contributed by atoms with van der Waals surface area (Å²) in [5.41, 5.74) is 0.837. The first-order valence-corrected chi connectivity index (χ1v) is 11.4. The van der Waals surface area contributed by atoms with Crippen LogP contribution >= 0.6 is 0 Å². The van der Waals surface area contributed by atoms with Crippen LogP contribution in [0.4, 0.5) is 5.69 Å². The molecule has 0 bridgehead atoms. The van der Waals surface area contributed by atoms with Crippen LogP contribution in [-0.2, 0) is 14.8 Å². The molecule has 0 spiro atoms. The lowest BCUT2D eigenvalue weighted by atomic mass is 10.1. The van der Waals surface area contributed by atoms with E-state index in [4.69, 9.17) is 0 Å². The molecule has 2 aromatic carbocycles. The third-order valence-corrected chi connectivity index (χ3v) is 6.63. The minimum Gasteiger partial charge on any atom is -0.350 e. The summed E-state index contributed by atoms with van der Waals surface area (Å²) in [6.07, 6.45) is 1.30. The van der Waals surface area contributed by atoms with E-state index in [0.717, 1.165) is 6.42 Å². The molecule has 0 aliphatic heterocycles. The zero-order chi connectivity index (χ0) is 22.1. The van der Waals surface area contributed by atoms with E-state index in [1.807, 2.05) is 13.8 Å². The number of para-hydroxylation sites is 1. The minimum atomic E-state index is -3.58. The van der Waals surface area contributed by atoms with Crippen LogP contribution in [0.25, 0.3) is 0 Å². The fraction of sp³-hybridized carbons (Fsp3) is 0.364. The number of nitrogens with zero attached hydrogens (tertiary/aromatic N) is 1. The number of sulfonamides is 1. The van der Waals surface area contributed by atoms with Crippen LogP contribution in [0.1, 0.15) is 43.5 Å². The summed E-state index contributed by atoms with van der Waals surface area (Å²) in [5.74, 6) is -0.516. The first-order chi connectivity index (χ1) is 14.3. The molecule has 7 nitrogen and oxygen atoms in total. The maximum atomic E-state index is 12.5. The zero-order valence-corrected chi connectivity index (χ0v) is 18.4. The normalized spacial score (nSPS) is 12.4. The van der Waals surface area contributed by atoms with Gasteiger partial charge in [0.05, 0.1) is 16.1 Å². The topological polar surface area (TPSA) is 95.6 Å². The highest BCUT2D eigenvalue weighted by molar-refractivity contribution is 7.89. The summed E-state index contributed by atoms with van der Waals surface area (Å²) >= 11 is 0. The van der Waals surface area contributed by atoms with Crippen molar-refractivity contribution in [2.45, 2.75) is 44.0 Å². The van der Waals surface area contributed by atoms with Crippen LogP contribution < -0.4 is 10.6 Å². The fourth-order valence-corrected chi connectivity index (χ4v) is 3.99. The lowest BCUT2D eigenvalue weighted by Gasteiger charge is -2.17. The molecular formula is C22H29N3O4S. The second kappa shape index (κ2) is 10.9. The predicted octanol–water partition coefficient (Wildman–Crippen LogP) is 3.25. The van der Waals surface area contributed by atoms with Crippen LogP contribution in [0.5, 0.6) is 0 Å². The van der Waals surface area contributed by atoms with E-state index < -0.39 is 10.0 Å². The van der Waals surface area contributed by atoms with Crippen molar-refractivity contribution >= 4 is 27.5 Å². The SMILES string of the molecule is CC[C@H](C)NC(=O)c1ccccc1NC(=O)CCCN(C)S(=O)(=O)c1ccccc1. The average molecular weight is 432 g/mol. The molecule has 0 saturated carbocycles. The van der Waals surface area contributed by atoms with Crippen molar-refractivity contribution in [3.8, 4) is 0 Å². The van der Waals surface area contributed by atoms with Gasteiger partial charge in [-0.2, -0.15) is 0 Å². The Morgan fingerprint density at radius 3 is 2.33 bits per heavy atom. The van der Waals surface area contributed by atoms with Crippen molar-refractivity contribution < 1.29 is 18.0 Å². The molecule has 30 heavy (non-hydrogen) atoms. The number of amides is 2. The fourth-order valence-electron chi connectivity index (χ4n) is 2.76. The van der Waals surface area contributed by atoms with Gasteiger partial charge < -0.3 is 10.6 Å². The molecule has 2 amide bonds. The Balaban J connectivity index is 1.92. The third-order valence-electron chi connectivity index (χ3n) is 4.76. The minimum absolute atomic E-state index is 0.0309. The highest BCUT2D eigenvalue weighted by atomic mass is 32.2. The van der Waals surface area contributed by atoms with E-state index in [1.54, 1.807) is 54.6 Å². The van der Waals surface area contributed by atoms with Gasteiger partial charge in [-0.3, -0.25) is 9.59 Å². The summed E-state index contributed by atoms with van der Waals surface area (Å²) in [6, 6.07) is 15.0. The average Bonchev–Trinajstić information content (AvgIpc) is 2.74. The maximum absolute atomic E-state index is 12.5. The molecular weight excluding hydrogens is 402 g/mol. The highest BCUT2D eigenvalue weighted by Gasteiger charge is 2.20. The Hall–Kier alpha value is -2.71. The lowest BCUT2D eigenvalue weighted by Crippen LogP contribution is -2.32. The van der Waals surface area contributed by atoms with E-state index in [9.17, 15) is 18.0 Å². The van der Waals surface area contributed by atoms with Gasteiger partial charge in [0, 0.05) is 26.1 Å². The number of nitrogens with one attached hydrogen (secondary N) is 2. The van der Waals surface area contributed by atoms with E-state index in [0.29, 0.717) is 17.7 Å². The summed E-state index contributed by atoms with van der Waals surface area (Å²) in [6.45, 7) is 4.10. The predicted molar refractivity (Wildman–Crippen MR) is 118 cm³/mol. The molecule has 2 aromatic rings. The van der Waals surface area contributed by atoms with Crippen LogP contribution in [-0.4, -0.2) is 44.2 Å². The van der Waals surface area contributed by atoms with Crippen molar-refractivity contribution in [1.29, 1.82) is 0 Å². The molecule has 0 unspecified atom stereocenters. The van der Waals surface area contributed by atoms with E-state index in [-0.39, 0.29) is 35.7 Å². The Morgan fingerprint density at radius 1 is 1.03 bits per heavy atom. The number of carbonyl (C=O) groups is 2. The number of anilines is 1. The zero-order valence-electron chi connectivity index (χ0n) is 17.6. The molecule has 0 saturated heterocycles. The quantitative estimate of drug-likeness (QED) is 0.604. The molecule has 1 atom stereocenters. The molecule has 8 heteroatoms. The highest BCUT2D eigenvalue weighted by Crippen LogP contribution is 2.17. The van der Waals surface area contributed by atoms with Gasteiger partial charge in [-0.15, -0.1) is 0 Å². The Bertz CT molecular complexity index is 961. The van der Waals surface area contributed by atoms with E-state index >= 15 is 0 Å². The first-order valence-electron chi connectivity index (χ1n) is 9.96. The van der Waals surface area contributed by atoms with Crippen LogP contribution in [0.15, 0.2) is 59.5 Å². The van der Waals surface area contributed by atoms with Crippen molar-refractivity contribution in [2.24, 2.45) is 0 Å². The van der Waals surface area contributed by atoms with Crippen LogP contribution in [0.3, 0.4) is 0 Å². The molecule has 0 heterocycles. The second-order valence-electron chi connectivity index (χ2n) is 7.12. The molecule has 2 N–H and O–H groups in total. The van der Waals surface area contributed by atoms with Crippen LogP contribution in [0, 0.1) is 0 Å². The Kier molecular flexibility index (Phi) is 8.56. The number of benzene rings is 2. The number of carbonyl (C=O) groups excluding carboxylic acids is 2. The number of hydrogen-bond donors (Lipinski definition) is 2. The van der Waals surface area contributed by atoms with E-state index in [2.05, 4.69) is 10.6 Å². The smallest absolute Gasteiger partial charge is 0.253 e. The number of hydrogen-bond acceptors (Lipinski definition) is 4. The van der Waals surface area contributed by atoms with E-state index in [1.165, 1.54) is 11.4 Å². The summed E-state index contributed by atoms with van der Waals surface area (Å²) in [4.78, 5) is 25.0. The molecule has 162 valence electrons. The van der Waals surface area contributed by atoms with Crippen molar-refractivity contribution in [1.82, 2.24) is 9.62 Å². The lowest BCUT2D eigenvalue weighted by molar-refractivity contribution is -0.116. The molecule has 0 radical (unpaired) electrons. The molecule has 2 rings (SSSR count). The number of rotatable bonds is 10. The third kappa shape index (κ3) is 6.40. The second-order valence-corrected chi connectivity index (χ2v) is 9.16. The van der Waals surface area contributed by atoms with Gasteiger partial charge in [0.25, 0.3) is 5.91 Å². The molecule has 0 aliphatic carbocycles. The Labute approximate surface area is 178 Å². The summed E-state index contributed by atoms with van der Waals surface area (Å²) in [7, 11) is -2.08. The first kappa shape index (κ1) is 23.6. The van der Waals surface area contributed by atoms with Gasteiger partial charge in [0.1, 0.15) is 0 Å². The summed E-state index contributed by atoms with van der Waals surface area (Å²) < 4.78 is 26.3. The van der Waals surface area contributed by atoms with Gasteiger partial charge >= 0.3 is 0 Å². The molecule has 0 aromatic heterocycles. The summed E-state index contributed by atoms with van der Waals surface area (Å²) in [5, 5.41) is 5.65. The maximum Gasteiger partial charge on any atom is 0.253 e. The standard InChI is InChI=1S/C22H29N3O4S/c1-4-17(2)23-22(27)19-13-8-9-14-20(19)24-21(26)15-10-16-25(3)30(28,29)18-11-6-5-7-12-18/h5-9,11-14,17H,4,10,15-16H2,1-3H3,(H,23,27)(H,24,26)/t17-/m0/s1. The largest absolute Gasteiger partial charge is 0.350 e.